The predicted molar refractivity (Wildman–Crippen MR) is 126 cm³/mol. The lowest BCUT2D eigenvalue weighted by Crippen LogP contribution is -2.19. The fraction of sp³-hybridized carbons (Fsp3) is 0.167. The number of hydrazone groups is 1. The highest BCUT2D eigenvalue weighted by Crippen LogP contribution is 2.37. The van der Waals surface area contributed by atoms with Crippen molar-refractivity contribution in [3.05, 3.63) is 81.8 Å². The maximum absolute atomic E-state index is 12.8. The van der Waals surface area contributed by atoms with Gasteiger partial charge in [-0.25, -0.2) is 5.43 Å². The topological polar surface area (TPSA) is 78.4 Å². The summed E-state index contributed by atoms with van der Waals surface area (Å²) in [5.41, 5.74) is 4.56. The van der Waals surface area contributed by atoms with Crippen LogP contribution in [-0.4, -0.2) is 33.5 Å². The molecule has 3 aromatic rings. The molecule has 0 aliphatic heterocycles. The van der Waals surface area contributed by atoms with Gasteiger partial charge in [-0.05, 0) is 35.9 Å². The number of amides is 1. The van der Waals surface area contributed by atoms with E-state index in [1.807, 2.05) is 36.4 Å². The van der Waals surface area contributed by atoms with Crippen molar-refractivity contribution >= 4 is 28.1 Å². The van der Waals surface area contributed by atoms with Crippen molar-refractivity contribution in [2.24, 2.45) is 5.10 Å². The van der Waals surface area contributed by atoms with Crippen LogP contribution in [0.2, 0.25) is 0 Å². The lowest BCUT2D eigenvalue weighted by Gasteiger charge is -2.13. The molecule has 32 heavy (non-hydrogen) atoms. The number of hydrogen-bond acceptors (Lipinski definition) is 6. The van der Waals surface area contributed by atoms with E-state index < -0.39 is 5.91 Å². The van der Waals surface area contributed by atoms with E-state index in [9.17, 15) is 4.79 Å². The number of halogens is 1. The van der Waals surface area contributed by atoms with Crippen LogP contribution in [0.4, 0.5) is 0 Å². The average molecular weight is 499 g/mol. The minimum absolute atomic E-state index is 0.345. The molecule has 0 atom stereocenters. The molecule has 0 saturated heterocycles. The minimum atomic E-state index is -0.405. The molecule has 166 valence electrons. The number of hydrogen-bond donors (Lipinski definition) is 1. The molecule has 0 aliphatic rings. The van der Waals surface area contributed by atoms with E-state index in [1.165, 1.54) is 27.5 Å². The highest BCUT2D eigenvalue weighted by molar-refractivity contribution is 9.10. The van der Waals surface area contributed by atoms with Crippen molar-refractivity contribution in [3.8, 4) is 23.0 Å². The summed E-state index contributed by atoms with van der Waals surface area (Å²) >= 11 is 3.40. The Kier molecular flexibility index (Phi) is 8.10. The van der Waals surface area contributed by atoms with Crippen LogP contribution in [0.25, 0.3) is 0 Å². The summed E-state index contributed by atoms with van der Waals surface area (Å²) in [6, 6.07) is 18.4. The molecule has 0 fully saturated rings. The molecule has 1 N–H and O–H groups in total. The van der Waals surface area contributed by atoms with E-state index >= 15 is 0 Å². The van der Waals surface area contributed by atoms with E-state index in [2.05, 4.69) is 26.5 Å². The minimum Gasteiger partial charge on any atom is -0.493 e. The number of rotatable bonds is 9. The summed E-state index contributed by atoms with van der Waals surface area (Å²) < 4.78 is 22.6. The van der Waals surface area contributed by atoms with Crippen LogP contribution in [0.1, 0.15) is 21.5 Å². The lowest BCUT2D eigenvalue weighted by atomic mass is 10.2. The van der Waals surface area contributed by atoms with Gasteiger partial charge in [0.05, 0.1) is 33.1 Å². The zero-order valence-electron chi connectivity index (χ0n) is 17.9. The van der Waals surface area contributed by atoms with Crippen LogP contribution in [0, 0.1) is 0 Å². The maximum Gasteiger partial charge on any atom is 0.275 e. The summed E-state index contributed by atoms with van der Waals surface area (Å²) in [6.45, 7) is 0.345. The Balaban J connectivity index is 1.74. The molecule has 8 heteroatoms. The smallest absolute Gasteiger partial charge is 0.275 e. The number of methoxy groups -OCH3 is 3. The van der Waals surface area contributed by atoms with Gasteiger partial charge in [-0.3, -0.25) is 4.79 Å². The molecule has 0 unspecified atom stereocenters. The van der Waals surface area contributed by atoms with Crippen molar-refractivity contribution in [2.45, 2.75) is 6.61 Å². The monoisotopic (exact) mass is 498 g/mol. The van der Waals surface area contributed by atoms with Gasteiger partial charge < -0.3 is 18.9 Å². The molecule has 0 bridgehead atoms. The number of carbonyl (C=O) groups is 1. The van der Waals surface area contributed by atoms with Crippen LogP contribution in [0.5, 0.6) is 23.0 Å². The molecular formula is C24H23BrN2O5. The van der Waals surface area contributed by atoms with Gasteiger partial charge in [-0.1, -0.05) is 46.3 Å². The van der Waals surface area contributed by atoms with Crippen molar-refractivity contribution in [2.75, 3.05) is 21.3 Å². The molecule has 0 saturated carbocycles. The quantitative estimate of drug-likeness (QED) is 0.338. The Morgan fingerprint density at radius 3 is 2.25 bits per heavy atom. The molecule has 1 amide bonds. The van der Waals surface area contributed by atoms with Crippen molar-refractivity contribution in [1.29, 1.82) is 0 Å². The molecule has 3 aromatic carbocycles. The van der Waals surface area contributed by atoms with Crippen molar-refractivity contribution in [3.63, 3.8) is 0 Å². The molecule has 0 aromatic heterocycles. The van der Waals surface area contributed by atoms with Crippen LogP contribution in [0.15, 0.2) is 70.2 Å². The van der Waals surface area contributed by atoms with E-state index in [1.54, 1.807) is 24.3 Å². The van der Waals surface area contributed by atoms with Gasteiger partial charge in [0.1, 0.15) is 12.4 Å². The number of ether oxygens (including phenoxy) is 4. The maximum atomic E-state index is 12.8. The summed E-state index contributed by atoms with van der Waals surface area (Å²) in [5, 5.41) is 4.07. The standard InChI is InChI=1S/C24H23BrN2O5/c1-29-21-11-17(12-22(30-2)23(21)31-3)14-26-27-24(28)19-13-18(25)9-10-20(19)32-15-16-7-5-4-6-8-16/h4-14H,15H2,1-3H3,(H,27,28). The van der Waals surface area contributed by atoms with Gasteiger partial charge in [0.2, 0.25) is 5.75 Å². The molecule has 0 spiro atoms. The number of nitrogens with zero attached hydrogens (tertiary/aromatic N) is 1. The van der Waals surface area contributed by atoms with Gasteiger partial charge in [0, 0.05) is 10.0 Å². The summed E-state index contributed by atoms with van der Waals surface area (Å²) in [4.78, 5) is 12.8. The first-order valence-electron chi connectivity index (χ1n) is 9.65. The van der Waals surface area contributed by atoms with Crippen molar-refractivity contribution in [1.82, 2.24) is 5.43 Å². The van der Waals surface area contributed by atoms with Gasteiger partial charge in [0.25, 0.3) is 5.91 Å². The first kappa shape index (κ1) is 23.1. The van der Waals surface area contributed by atoms with Gasteiger partial charge in [-0.15, -0.1) is 0 Å². The Hall–Kier alpha value is -3.52. The SMILES string of the molecule is COc1cc(C=NNC(=O)c2cc(Br)ccc2OCc2ccccc2)cc(OC)c1OC. The van der Waals surface area contributed by atoms with Crippen LogP contribution in [0.3, 0.4) is 0 Å². The predicted octanol–water partition coefficient (Wildman–Crippen LogP) is 4.82. The lowest BCUT2D eigenvalue weighted by molar-refractivity contribution is 0.0950. The number of carbonyl (C=O) groups excluding carboxylic acids is 1. The summed E-state index contributed by atoms with van der Waals surface area (Å²) in [6.07, 6.45) is 1.49. The van der Waals surface area contributed by atoms with E-state index in [0.29, 0.717) is 40.7 Å². The second-order valence-electron chi connectivity index (χ2n) is 6.57. The third-order valence-corrected chi connectivity index (χ3v) is 4.98. The van der Waals surface area contributed by atoms with E-state index in [-0.39, 0.29) is 0 Å². The van der Waals surface area contributed by atoms with Gasteiger partial charge in [-0.2, -0.15) is 5.10 Å². The Morgan fingerprint density at radius 2 is 1.62 bits per heavy atom. The molecule has 0 radical (unpaired) electrons. The second-order valence-corrected chi connectivity index (χ2v) is 7.49. The fourth-order valence-electron chi connectivity index (χ4n) is 2.94. The van der Waals surface area contributed by atoms with E-state index in [4.69, 9.17) is 18.9 Å². The third kappa shape index (κ3) is 5.79. The molecule has 7 nitrogen and oxygen atoms in total. The zero-order chi connectivity index (χ0) is 22.9. The highest BCUT2D eigenvalue weighted by Gasteiger charge is 2.14. The zero-order valence-corrected chi connectivity index (χ0v) is 19.5. The fourth-order valence-corrected chi connectivity index (χ4v) is 3.30. The highest BCUT2D eigenvalue weighted by atomic mass is 79.9. The van der Waals surface area contributed by atoms with Gasteiger partial charge in [0.15, 0.2) is 11.5 Å². The van der Waals surface area contributed by atoms with Gasteiger partial charge >= 0.3 is 0 Å². The molecule has 3 rings (SSSR count). The normalized spacial score (nSPS) is 10.6. The third-order valence-electron chi connectivity index (χ3n) is 4.49. The first-order valence-corrected chi connectivity index (χ1v) is 10.4. The Morgan fingerprint density at radius 1 is 0.938 bits per heavy atom. The van der Waals surface area contributed by atoms with Crippen LogP contribution >= 0.6 is 15.9 Å². The molecule has 0 aliphatic carbocycles. The molecule has 0 heterocycles. The first-order chi connectivity index (χ1) is 15.5. The second kappa shape index (κ2) is 11.2. The largest absolute Gasteiger partial charge is 0.493 e. The average Bonchev–Trinajstić information content (AvgIpc) is 2.83. The van der Waals surface area contributed by atoms with E-state index in [0.717, 1.165) is 10.0 Å². The van der Waals surface area contributed by atoms with Crippen molar-refractivity contribution < 1.29 is 23.7 Å². The number of benzene rings is 3. The summed E-state index contributed by atoms with van der Waals surface area (Å²) in [7, 11) is 4.60. The Bertz CT molecular complexity index is 1080. The van der Waals surface area contributed by atoms with Crippen LogP contribution in [-0.2, 0) is 6.61 Å². The molecular weight excluding hydrogens is 476 g/mol. The van der Waals surface area contributed by atoms with Crippen LogP contribution < -0.4 is 24.4 Å². The summed E-state index contributed by atoms with van der Waals surface area (Å²) in [5.74, 6) is 1.51. The Labute approximate surface area is 195 Å². The number of nitrogens with one attached hydrogen (secondary N) is 1.